The first-order chi connectivity index (χ1) is 8.77. The lowest BCUT2D eigenvalue weighted by molar-refractivity contribution is 0.199. The van der Waals surface area contributed by atoms with E-state index in [2.05, 4.69) is 30.4 Å². The van der Waals surface area contributed by atoms with Crippen LogP contribution in [0, 0.1) is 0 Å². The zero-order chi connectivity index (χ0) is 13.2. The van der Waals surface area contributed by atoms with Crippen LogP contribution in [0.4, 0.5) is 0 Å². The van der Waals surface area contributed by atoms with E-state index >= 15 is 0 Å². The standard InChI is InChI=1S/C15H23NO2/c1-13(6-5-9-16-10-11-17-2)14-7-4-8-15(12-14)18-3/h4,6-8,12,16H,5,9-11H2,1-3H3. The minimum Gasteiger partial charge on any atom is -0.497 e. The minimum atomic E-state index is 0.762. The molecule has 1 N–H and O–H groups in total. The molecule has 0 spiro atoms. The van der Waals surface area contributed by atoms with Crippen molar-refractivity contribution in [3.63, 3.8) is 0 Å². The third-order valence-electron chi connectivity index (χ3n) is 2.78. The average molecular weight is 249 g/mol. The van der Waals surface area contributed by atoms with Gasteiger partial charge in [-0.25, -0.2) is 0 Å². The summed E-state index contributed by atoms with van der Waals surface area (Å²) >= 11 is 0. The van der Waals surface area contributed by atoms with Crippen LogP contribution in [-0.4, -0.2) is 33.9 Å². The Balaban J connectivity index is 2.40. The maximum absolute atomic E-state index is 5.22. The maximum Gasteiger partial charge on any atom is 0.119 e. The molecule has 0 saturated heterocycles. The highest BCUT2D eigenvalue weighted by Crippen LogP contribution is 2.19. The van der Waals surface area contributed by atoms with Gasteiger partial charge >= 0.3 is 0 Å². The second kappa shape index (κ2) is 8.72. The molecule has 0 aliphatic carbocycles. The second-order valence-corrected chi connectivity index (χ2v) is 4.15. The summed E-state index contributed by atoms with van der Waals surface area (Å²) in [5.74, 6) is 0.901. The van der Waals surface area contributed by atoms with E-state index in [0.29, 0.717) is 0 Å². The molecule has 0 aliphatic heterocycles. The largest absolute Gasteiger partial charge is 0.497 e. The molecular weight excluding hydrogens is 226 g/mol. The summed E-state index contributed by atoms with van der Waals surface area (Å²) in [5, 5.41) is 3.32. The zero-order valence-electron chi connectivity index (χ0n) is 11.5. The van der Waals surface area contributed by atoms with Gasteiger partial charge in [-0.2, -0.15) is 0 Å². The quantitative estimate of drug-likeness (QED) is 0.719. The van der Waals surface area contributed by atoms with Crippen LogP contribution in [0.1, 0.15) is 18.9 Å². The van der Waals surface area contributed by atoms with Gasteiger partial charge in [-0.05, 0) is 43.2 Å². The summed E-state index contributed by atoms with van der Waals surface area (Å²) in [5.41, 5.74) is 2.49. The van der Waals surface area contributed by atoms with Crippen molar-refractivity contribution in [1.29, 1.82) is 0 Å². The first-order valence-electron chi connectivity index (χ1n) is 6.28. The van der Waals surface area contributed by atoms with Crippen molar-refractivity contribution in [2.24, 2.45) is 0 Å². The fraction of sp³-hybridized carbons (Fsp3) is 0.467. The molecule has 3 heteroatoms. The van der Waals surface area contributed by atoms with Crippen molar-refractivity contribution in [3.05, 3.63) is 35.9 Å². The summed E-state index contributed by atoms with van der Waals surface area (Å²) in [6.45, 7) is 4.77. The Morgan fingerprint density at radius 1 is 1.28 bits per heavy atom. The van der Waals surface area contributed by atoms with Gasteiger partial charge in [0, 0.05) is 13.7 Å². The molecule has 0 radical (unpaired) electrons. The molecule has 0 heterocycles. The summed E-state index contributed by atoms with van der Waals surface area (Å²) < 4.78 is 10.2. The van der Waals surface area contributed by atoms with Crippen molar-refractivity contribution in [3.8, 4) is 5.75 Å². The average Bonchev–Trinajstić information content (AvgIpc) is 2.42. The van der Waals surface area contributed by atoms with E-state index in [0.717, 1.165) is 31.9 Å². The van der Waals surface area contributed by atoms with E-state index in [1.165, 1.54) is 11.1 Å². The molecule has 0 atom stereocenters. The molecule has 3 nitrogen and oxygen atoms in total. The summed E-state index contributed by atoms with van der Waals surface area (Å²) in [6.07, 6.45) is 3.27. The van der Waals surface area contributed by atoms with Gasteiger partial charge in [-0.1, -0.05) is 18.2 Å². The van der Waals surface area contributed by atoms with Gasteiger partial charge in [-0.15, -0.1) is 0 Å². The van der Waals surface area contributed by atoms with E-state index in [1.807, 2.05) is 12.1 Å². The summed E-state index contributed by atoms with van der Waals surface area (Å²) in [6, 6.07) is 8.14. The fourth-order valence-electron chi connectivity index (χ4n) is 1.68. The predicted octanol–water partition coefficient (Wildman–Crippen LogP) is 2.72. The SMILES string of the molecule is COCCNCCC=C(C)c1cccc(OC)c1. The third-order valence-corrected chi connectivity index (χ3v) is 2.78. The van der Waals surface area contributed by atoms with Gasteiger partial charge in [0.1, 0.15) is 5.75 Å². The Morgan fingerprint density at radius 3 is 2.83 bits per heavy atom. The van der Waals surface area contributed by atoms with Crippen LogP contribution in [0.15, 0.2) is 30.3 Å². The molecular formula is C15H23NO2. The second-order valence-electron chi connectivity index (χ2n) is 4.15. The van der Waals surface area contributed by atoms with Gasteiger partial charge in [0.05, 0.1) is 13.7 Å². The summed E-state index contributed by atoms with van der Waals surface area (Å²) in [4.78, 5) is 0. The molecule has 0 saturated carbocycles. The van der Waals surface area contributed by atoms with E-state index in [4.69, 9.17) is 9.47 Å². The molecule has 0 amide bonds. The highest BCUT2D eigenvalue weighted by Gasteiger charge is 1.97. The number of ether oxygens (including phenoxy) is 2. The number of rotatable bonds is 8. The van der Waals surface area contributed by atoms with Crippen molar-refractivity contribution in [2.75, 3.05) is 33.9 Å². The van der Waals surface area contributed by atoms with E-state index < -0.39 is 0 Å². The Morgan fingerprint density at radius 2 is 2.11 bits per heavy atom. The Hall–Kier alpha value is -1.32. The molecule has 100 valence electrons. The maximum atomic E-state index is 5.22. The number of benzene rings is 1. The van der Waals surface area contributed by atoms with Crippen molar-refractivity contribution < 1.29 is 9.47 Å². The Labute approximate surface area is 110 Å². The van der Waals surface area contributed by atoms with Gasteiger partial charge < -0.3 is 14.8 Å². The molecule has 18 heavy (non-hydrogen) atoms. The summed E-state index contributed by atoms with van der Waals surface area (Å²) in [7, 11) is 3.41. The van der Waals surface area contributed by atoms with Crippen LogP contribution in [-0.2, 0) is 4.74 Å². The molecule has 1 aromatic carbocycles. The van der Waals surface area contributed by atoms with Crippen molar-refractivity contribution >= 4 is 5.57 Å². The first-order valence-corrected chi connectivity index (χ1v) is 6.28. The van der Waals surface area contributed by atoms with Crippen LogP contribution in [0.5, 0.6) is 5.75 Å². The zero-order valence-corrected chi connectivity index (χ0v) is 11.5. The van der Waals surface area contributed by atoms with Gasteiger partial charge in [0.25, 0.3) is 0 Å². The molecule has 1 aromatic rings. The van der Waals surface area contributed by atoms with Gasteiger partial charge in [0.15, 0.2) is 0 Å². The predicted molar refractivity (Wildman–Crippen MR) is 76.0 cm³/mol. The number of hydrogen-bond donors (Lipinski definition) is 1. The molecule has 0 fully saturated rings. The molecule has 0 aromatic heterocycles. The molecule has 1 rings (SSSR count). The molecule has 0 aliphatic rings. The monoisotopic (exact) mass is 249 g/mol. The molecule has 0 unspecified atom stereocenters. The van der Waals surface area contributed by atoms with Crippen molar-refractivity contribution in [2.45, 2.75) is 13.3 Å². The van der Waals surface area contributed by atoms with Crippen LogP contribution in [0.2, 0.25) is 0 Å². The lowest BCUT2D eigenvalue weighted by Crippen LogP contribution is -2.19. The van der Waals surface area contributed by atoms with Crippen LogP contribution in [0.25, 0.3) is 5.57 Å². The number of nitrogens with one attached hydrogen (secondary N) is 1. The van der Waals surface area contributed by atoms with Crippen molar-refractivity contribution in [1.82, 2.24) is 5.32 Å². The number of allylic oxidation sites excluding steroid dienone is 1. The van der Waals surface area contributed by atoms with Crippen LogP contribution >= 0.6 is 0 Å². The lowest BCUT2D eigenvalue weighted by atomic mass is 10.1. The van der Waals surface area contributed by atoms with Gasteiger partial charge in [0.2, 0.25) is 0 Å². The van der Waals surface area contributed by atoms with Gasteiger partial charge in [-0.3, -0.25) is 0 Å². The van der Waals surface area contributed by atoms with E-state index in [-0.39, 0.29) is 0 Å². The smallest absolute Gasteiger partial charge is 0.119 e. The normalized spacial score (nSPS) is 11.6. The first kappa shape index (κ1) is 14.7. The highest BCUT2D eigenvalue weighted by molar-refractivity contribution is 5.64. The lowest BCUT2D eigenvalue weighted by Gasteiger charge is -2.05. The Bertz CT molecular complexity index is 375. The van der Waals surface area contributed by atoms with E-state index in [9.17, 15) is 0 Å². The third kappa shape index (κ3) is 5.34. The van der Waals surface area contributed by atoms with Crippen LogP contribution in [0.3, 0.4) is 0 Å². The van der Waals surface area contributed by atoms with Crippen LogP contribution < -0.4 is 10.1 Å². The Kier molecular flexibility index (Phi) is 7.14. The molecule has 0 bridgehead atoms. The highest BCUT2D eigenvalue weighted by atomic mass is 16.5. The number of methoxy groups -OCH3 is 2. The fourth-order valence-corrected chi connectivity index (χ4v) is 1.68. The topological polar surface area (TPSA) is 30.5 Å². The number of hydrogen-bond acceptors (Lipinski definition) is 3. The van der Waals surface area contributed by atoms with E-state index in [1.54, 1.807) is 14.2 Å². The minimum absolute atomic E-state index is 0.762.